The van der Waals surface area contributed by atoms with Crippen LogP contribution < -0.4 is 10.5 Å². The van der Waals surface area contributed by atoms with Crippen LogP contribution in [0.25, 0.3) is 10.9 Å². The topological polar surface area (TPSA) is 80.3 Å². The van der Waals surface area contributed by atoms with Gasteiger partial charge in [-0.3, -0.25) is 14.3 Å². The summed E-state index contributed by atoms with van der Waals surface area (Å²) < 4.78 is 6.51. The van der Waals surface area contributed by atoms with Gasteiger partial charge in [-0.25, -0.2) is 9.61 Å². The molecule has 0 spiro atoms. The summed E-state index contributed by atoms with van der Waals surface area (Å²) in [7, 11) is 0. The van der Waals surface area contributed by atoms with Crippen molar-refractivity contribution < 1.29 is 4.63 Å². The second-order valence-corrected chi connectivity index (χ2v) is 7.76. The van der Waals surface area contributed by atoms with Crippen molar-refractivity contribution in [3.63, 3.8) is 0 Å². The number of fused-ring (bicyclic) bond motifs is 1. The third-order valence-corrected chi connectivity index (χ3v) is 6.02. The SMILES string of the molecule is O=c1c2ccc(N3CCN(Cc4cnon4)CC3)cc2ncn1C1CCCC1. The number of hydrogen-bond acceptors (Lipinski definition) is 7. The van der Waals surface area contributed by atoms with Crippen LogP contribution in [0.15, 0.2) is 40.1 Å². The van der Waals surface area contributed by atoms with E-state index in [1.165, 1.54) is 12.8 Å². The first-order valence-corrected chi connectivity index (χ1v) is 10.0. The molecule has 0 atom stereocenters. The zero-order valence-corrected chi connectivity index (χ0v) is 15.8. The third kappa shape index (κ3) is 3.28. The van der Waals surface area contributed by atoms with Gasteiger partial charge in [0.1, 0.15) is 5.69 Å². The van der Waals surface area contributed by atoms with Crippen molar-refractivity contribution in [1.82, 2.24) is 24.8 Å². The first-order valence-electron chi connectivity index (χ1n) is 10.0. The lowest BCUT2D eigenvalue weighted by atomic mass is 10.1. The highest BCUT2D eigenvalue weighted by Crippen LogP contribution is 2.28. The summed E-state index contributed by atoms with van der Waals surface area (Å²) in [4.78, 5) is 22.2. The van der Waals surface area contributed by atoms with Gasteiger partial charge in [0.15, 0.2) is 0 Å². The Kier molecular flexibility index (Phi) is 4.56. The average molecular weight is 380 g/mol. The molecule has 5 rings (SSSR count). The average Bonchev–Trinajstić information content (AvgIpc) is 3.43. The number of anilines is 1. The molecule has 0 amide bonds. The normalized spacial score (nSPS) is 18.9. The fourth-order valence-electron chi connectivity index (χ4n) is 4.41. The Morgan fingerprint density at radius 1 is 1.11 bits per heavy atom. The molecule has 1 aliphatic heterocycles. The molecule has 0 N–H and O–H groups in total. The first kappa shape index (κ1) is 17.4. The van der Waals surface area contributed by atoms with Crippen LogP contribution in [0.5, 0.6) is 0 Å². The molecule has 28 heavy (non-hydrogen) atoms. The van der Waals surface area contributed by atoms with Crippen LogP contribution in [0.3, 0.4) is 0 Å². The molecule has 3 aromatic rings. The van der Waals surface area contributed by atoms with E-state index in [4.69, 9.17) is 0 Å². The van der Waals surface area contributed by atoms with E-state index in [-0.39, 0.29) is 5.56 Å². The van der Waals surface area contributed by atoms with Crippen LogP contribution in [0.1, 0.15) is 37.4 Å². The van der Waals surface area contributed by atoms with E-state index in [1.807, 2.05) is 16.7 Å². The van der Waals surface area contributed by atoms with Gasteiger partial charge < -0.3 is 4.90 Å². The van der Waals surface area contributed by atoms with Gasteiger partial charge in [-0.2, -0.15) is 0 Å². The molecule has 1 saturated heterocycles. The fraction of sp³-hybridized carbons (Fsp3) is 0.500. The molecular formula is C20H24N6O2. The maximum atomic E-state index is 12.9. The van der Waals surface area contributed by atoms with Gasteiger partial charge >= 0.3 is 0 Å². The maximum absolute atomic E-state index is 12.9. The van der Waals surface area contributed by atoms with E-state index in [0.717, 1.165) is 67.8 Å². The Bertz CT molecular complexity index is 1000. The highest BCUT2D eigenvalue weighted by atomic mass is 16.6. The van der Waals surface area contributed by atoms with Crippen molar-refractivity contribution in [3.8, 4) is 0 Å². The van der Waals surface area contributed by atoms with E-state index >= 15 is 0 Å². The highest BCUT2D eigenvalue weighted by molar-refractivity contribution is 5.81. The largest absolute Gasteiger partial charge is 0.369 e. The van der Waals surface area contributed by atoms with Gasteiger partial charge in [0.05, 0.1) is 23.4 Å². The summed E-state index contributed by atoms with van der Waals surface area (Å²) in [6.07, 6.45) is 7.98. The summed E-state index contributed by atoms with van der Waals surface area (Å²) in [5.41, 5.74) is 2.87. The van der Waals surface area contributed by atoms with E-state index in [0.29, 0.717) is 6.04 Å². The van der Waals surface area contributed by atoms with Crippen LogP contribution in [0, 0.1) is 0 Å². The summed E-state index contributed by atoms with van der Waals surface area (Å²) in [5, 5.41) is 8.26. The second kappa shape index (κ2) is 7.35. The second-order valence-electron chi connectivity index (χ2n) is 7.76. The number of rotatable bonds is 4. The summed E-state index contributed by atoms with van der Waals surface area (Å²) in [6.45, 7) is 4.51. The van der Waals surface area contributed by atoms with Crippen molar-refractivity contribution in [2.24, 2.45) is 0 Å². The zero-order valence-electron chi connectivity index (χ0n) is 15.8. The number of benzene rings is 1. The Morgan fingerprint density at radius 2 is 1.93 bits per heavy atom. The standard InChI is InChI=1S/C20H24N6O2/c27-20-18-6-5-17(11-19(18)21-14-26(20)16-3-1-2-4-16)25-9-7-24(8-10-25)13-15-12-22-28-23-15/h5-6,11-12,14,16H,1-4,7-10,13H2. The van der Waals surface area contributed by atoms with Gasteiger partial charge in [-0.1, -0.05) is 23.2 Å². The highest BCUT2D eigenvalue weighted by Gasteiger charge is 2.21. The zero-order chi connectivity index (χ0) is 18.9. The summed E-state index contributed by atoms with van der Waals surface area (Å²) in [5.74, 6) is 0. The maximum Gasteiger partial charge on any atom is 0.261 e. The van der Waals surface area contributed by atoms with E-state index < -0.39 is 0 Å². The van der Waals surface area contributed by atoms with Crippen molar-refractivity contribution in [3.05, 3.63) is 46.8 Å². The van der Waals surface area contributed by atoms with Crippen molar-refractivity contribution >= 4 is 16.6 Å². The molecule has 0 radical (unpaired) electrons. The third-order valence-electron chi connectivity index (χ3n) is 6.02. The Hall–Kier alpha value is -2.74. The molecule has 8 heteroatoms. The lowest BCUT2D eigenvalue weighted by molar-refractivity contribution is 0.237. The smallest absolute Gasteiger partial charge is 0.261 e. The Morgan fingerprint density at radius 3 is 2.68 bits per heavy atom. The van der Waals surface area contributed by atoms with E-state index in [1.54, 1.807) is 12.5 Å². The molecule has 0 bridgehead atoms. The molecule has 146 valence electrons. The Labute approximate surface area is 162 Å². The summed E-state index contributed by atoms with van der Waals surface area (Å²) in [6, 6.07) is 6.37. The lowest BCUT2D eigenvalue weighted by Gasteiger charge is -2.35. The fourth-order valence-corrected chi connectivity index (χ4v) is 4.41. The molecule has 1 saturated carbocycles. The molecule has 1 aromatic carbocycles. The van der Waals surface area contributed by atoms with Gasteiger partial charge in [0, 0.05) is 44.5 Å². The molecule has 2 aromatic heterocycles. The van der Waals surface area contributed by atoms with Crippen LogP contribution in [0.2, 0.25) is 0 Å². The van der Waals surface area contributed by atoms with Crippen molar-refractivity contribution in [1.29, 1.82) is 0 Å². The molecule has 0 unspecified atom stereocenters. The molecule has 2 fully saturated rings. The monoisotopic (exact) mass is 380 g/mol. The predicted octanol–water partition coefficient (Wildman–Crippen LogP) is 2.22. The minimum Gasteiger partial charge on any atom is -0.369 e. The first-order chi connectivity index (χ1) is 13.8. The minimum atomic E-state index is 0.0921. The molecule has 1 aliphatic carbocycles. The van der Waals surface area contributed by atoms with E-state index in [2.05, 4.69) is 35.8 Å². The molecular weight excluding hydrogens is 356 g/mol. The van der Waals surface area contributed by atoms with Crippen LogP contribution >= 0.6 is 0 Å². The predicted molar refractivity (Wildman–Crippen MR) is 105 cm³/mol. The molecule has 8 nitrogen and oxygen atoms in total. The van der Waals surface area contributed by atoms with Gasteiger partial charge in [0.2, 0.25) is 0 Å². The van der Waals surface area contributed by atoms with Gasteiger partial charge in [-0.05, 0) is 31.0 Å². The van der Waals surface area contributed by atoms with Gasteiger partial charge in [0.25, 0.3) is 5.56 Å². The number of aromatic nitrogens is 4. The quantitative estimate of drug-likeness (QED) is 0.686. The van der Waals surface area contributed by atoms with E-state index in [9.17, 15) is 4.79 Å². The summed E-state index contributed by atoms with van der Waals surface area (Å²) >= 11 is 0. The van der Waals surface area contributed by atoms with Crippen LogP contribution in [0.4, 0.5) is 5.69 Å². The van der Waals surface area contributed by atoms with Crippen LogP contribution in [-0.4, -0.2) is 50.9 Å². The van der Waals surface area contributed by atoms with Crippen LogP contribution in [-0.2, 0) is 6.54 Å². The number of piperazine rings is 1. The molecule has 2 aliphatic rings. The van der Waals surface area contributed by atoms with Gasteiger partial charge in [-0.15, -0.1) is 0 Å². The van der Waals surface area contributed by atoms with Crippen molar-refractivity contribution in [2.45, 2.75) is 38.3 Å². The molecule has 3 heterocycles. The number of hydrogen-bond donors (Lipinski definition) is 0. The number of nitrogens with zero attached hydrogens (tertiary/aromatic N) is 6. The Balaban J connectivity index is 1.31. The minimum absolute atomic E-state index is 0.0921. The van der Waals surface area contributed by atoms with Crippen molar-refractivity contribution in [2.75, 3.05) is 31.1 Å². The lowest BCUT2D eigenvalue weighted by Crippen LogP contribution is -2.46.